The van der Waals surface area contributed by atoms with Crippen molar-refractivity contribution >= 4 is 46.8 Å². The summed E-state index contributed by atoms with van der Waals surface area (Å²) < 4.78 is 0. The molecule has 0 aliphatic heterocycles. The van der Waals surface area contributed by atoms with Crippen LogP contribution in [0.15, 0.2) is 72.1 Å². The highest BCUT2D eigenvalue weighted by molar-refractivity contribution is 7.12. The molecule has 3 rings (SSSR count). The Balaban J connectivity index is 1.60. The van der Waals surface area contributed by atoms with Gasteiger partial charge in [-0.15, -0.1) is 11.3 Å². The second-order valence-corrected chi connectivity index (χ2v) is 8.24. The number of aliphatic carboxylic acids is 1. The Morgan fingerprint density at radius 3 is 2.47 bits per heavy atom. The van der Waals surface area contributed by atoms with Crippen LogP contribution in [0.1, 0.15) is 31.2 Å². The summed E-state index contributed by atoms with van der Waals surface area (Å²) in [7, 11) is 0. The number of carboxylic acid groups (broad SMARTS) is 1. The maximum absolute atomic E-state index is 12.6. The minimum atomic E-state index is -1.30. The second kappa shape index (κ2) is 11.3. The molecule has 3 N–H and O–H groups in total. The molecule has 0 radical (unpaired) electrons. The molecule has 0 aliphatic carbocycles. The number of hydrogen-bond acceptors (Lipinski definition) is 4. The quantitative estimate of drug-likeness (QED) is 0.437. The molecular weight excluding hydrogens is 448 g/mol. The van der Waals surface area contributed by atoms with Crippen LogP contribution in [0, 0.1) is 0 Å². The lowest BCUT2D eigenvalue weighted by Gasteiger charge is -2.16. The zero-order valence-electron chi connectivity index (χ0n) is 17.0. The van der Waals surface area contributed by atoms with Gasteiger partial charge in [0.2, 0.25) is 0 Å². The average Bonchev–Trinajstić information content (AvgIpc) is 3.32. The van der Waals surface area contributed by atoms with Gasteiger partial charge in [-0.05, 0) is 41.1 Å². The van der Waals surface area contributed by atoms with E-state index in [2.05, 4.69) is 10.6 Å². The van der Waals surface area contributed by atoms with E-state index in [0.717, 1.165) is 12.0 Å². The van der Waals surface area contributed by atoms with Gasteiger partial charge < -0.3 is 15.7 Å². The predicted molar refractivity (Wildman–Crippen MR) is 126 cm³/mol. The molecule has 0 bridgehead atoms. The van der Waals surface area contributed by atoms with Gasteiger partial charge in [-0.25, -0.2) is 4.79 Å². The van der Waals surface area contributed by atoms with Crippen molar-refractivity contribution in [3.8, 4) is 0 Å². The predicted octanol–water partition coefficient (Wildman–Crippen LogP) is 4.27. The molecule has 0 aliphatic rings. The number of rotatable bonds is 9. The molecule has 0 fully saturated rings. The van der Waals surface area contributed by atoms with Gasteiger partial charge in [0.1, 0.15) is 6.04 Å². The minimum Gasteiger partial charge on any atom is -0.480 e. The summed E-state index contributed by atoms with van der Waals surface area (Å²) in [5.74, 6) is -2.29. The highest BCUT2D eigenvalue weighted by Crippen LogP contribution is 2.19. The Labute approximate surface area is 194 Å². The van der Waals surface area contributed by atoms with Crippen molar-refractivity contribution in [3.63, 3.8) is 0 Å². The normalized spacial score (nSPS) is 11.8. The van der Waals surface area contributed by atoms with Crippen LogP contribution in [-0.2, 0) is 11.2 Å². The summed E-state index contributed by atoms with van der Waals surface area (Å²) in [6.45, 7) is -0.254. The van der Waals surface area contributed by atoms with E-state index >= 15 is 0 Å². The van der Waals surface area contributed by atoms with Crippen molar-refractivity contribution in [2.24, 2.45) is 0 Å². The van der Waals surface area contributed by atoms with Crippen molar-refractivity contribution in [2.75, 3.05) is 6.54 Å². The molecule has 2 aromatic carbocycles. The summed E-state index contributed by atoms with van der Waals surface area (Å²) in [6.07, 6.45) is 4.66. The first-order valence-corrected chi connectivity index (χ1v) is 11.0. The number of hydrogen-bond donors (Lipinski definition) is 3. The lowest BCUT2D eigenvalue weighted by molar-refractivity contribution is -0.139. The first kappa shape index (κ1) is 23.2. The number of amides is 2. The van der Waals surface area contributed by atoms with Crippen molar-refractivity contribution in [2.45, 2.75) is 12.5 Å². The zero-order chi connectivity index (χ0) is 22.9. The highest BCUT2D eigenvalue weighted by Gasteiger charge is 2.23. The van der Waals surface area contributed by atoms with E-state index in [4.69, 9.17) is 11.6 Å². The molecule has 2 amide bonds. The Hall–Kier alpha value is -3.42. The first-order valence-electron chi connectivity index (χ1n) is 9.79. The monoisotopic (exact) mass is 468 g/mol. The topological polar surface area (TPSA) is 95.5 Å². The van der Waals surface area contributed by atoms with Crippen LogP contribution in [0.2, 0.25) is 5.02 Å². The van der Waals surface area contributed by atoms with E-state index in [-0.39, 0.29) is 17.1 Å². The van der Waals surface area contributed by atoms with Crippen LogP contribution in [0.25, 0.3) is 6.08 Å². The van der Waals surface area contributed by atoms with Gasteiger partial charge in [0.15, 0.2) is 0 Å². The van der Waals surface area contributed by atoms with Gasteiger partial charge in [0.25, 0.3) is 11.8 Å². The standard InChI is InChI=1S/C24H21ClN2O4S/c25-19-14-17(9-4-8-16-6-2-1-3-7-16)11-12-18(19)22(28)27-20(24(30)31)15-26-23(29)21-10-5-13-32-21/h1-7,9-14,20H,8,15H2,(H,26,29)(H,27,28)(H,30,31)/b9-4+. The molecule has 1 unspecified atom stereocenters. The van der Waals surface area contributed by atoms with E-state index in [1.807, 2.05) is 42.5 Å². The fourth-order valence-electron chi connectivity index (χ4n) is 2.89. The van der Waals surface area contributed by atoms with Gasteiger partial charge in [-0.2, -0.15) is 0 Å². The molecule has 1 aromatic heterocycles. The molecule has 32 heavy (non-hydrogen) atoms. The van der Waals surface area contributed by atoms with E-state index in [0.29, 0.717) is 4.88 Å². The summed E-state index contributed by atoms with van der Waals surface area (Å²) in [5, 5.41) is 16.3. The van der Waals surface area contributed by atoms with Crippen molar-refractivity contribution in [3.05, 3.63) is 98.7 Å². The maximum Gasteiger partial charge on any atom is 0.328 e. The van der Waals surface area contributed by atoms with E-state index in [1.54, 1.807) is 35.7 Å². The molecule has 1 heterocycles. The number of thiophene rings is 1. The van der Waals surface area contributed by atoms with Gasteiger partial charge in [0, 0.05) is 6.54 Å². The highest BCUT2D eigenvalue weighted by atomic mass is 35.5. The largest absolute Gasteiger partial charge is 0.480 e. The van der Waals surface area contributed by atoms with E-state index < -0.39 is 23.8 Å². The molecule has 8 heteroatoms. The third kappa shape index (κ3) is 6.54. The van der Waals surface area contributed by atoms with Crippen LogP contribution >= 0.6 is 22.9 Å². The van der Waals surface area contributed by atoms with Crippen LogP contribution in [0.3, 0.4) is 0 Å². The first-order chi connectivity index (χ1) is 15.4. The summed E-state index contributed by atoms with van der Waals surface area (Å²) in [4.78, 5) is 36.6. The Bertz CT molecular complexity index is 1110. The molecule has 3 aromatic rings. The van der Waals surface area contributed by atoms with Gasteiger partial charge in [0.05, 0.1) is 15.5 Å². The van der Waals surface area contributed by atoms with E-state index in [9.17, 15) is 19.5 Å². The van der Waals surface area contributed by atoms with E-state index in [1.165, 1.54) is 16.9 Å². The Kier molecular flexibility index (Phi) is 8.19. The third-order valence-electron chi connectivity index (χ3n) is 4.56. The number of nitrogens with one attached hydrogen (secondary N) is 2. The zero-order valence-corrected chi connectivity index (χ0v) is 18.5. The van der Waals surface area contributed by atoms with Crippen LogP contribution in [0.4, 0.5) is 0 Å². The van der Waals surface area contributed by atoms with Crippen LogP contribution in [0.5, 0.6) is 0 Å². The SMILES string of the molecule is O=C(NCC(NC(=O)c1ccc(/C=C/Cc2ccccc2)cc1Cl)C(=O)O)c1cccs1. The Morgan fingerprint density at radius 2 is 1.81 bits per heavy atom. The van der Waals surface area contributed by atoms with Gasteiger partial charge in [-0.3, -0.25) is 9.59 Å². The number of carbonyl (C=O) groups excluding carboxylic acids is 2. The number of allylic oxidation sites excluding steroid dienone is 1. The molecular formula is C24H21ClN2O4S. The number of carboxylic acids is 1. The minimum absolute atomic E-state index is 0.155. The second-order valence-electron chi connectivity index (χ2n) is 6.88. The summed E-state index contributed by atoms with van der Waals surface area (Å²) in [6, 6.07) is 17.0. The lowest BCUT2D eigenvalue weighted by atomic mass is 10.1. The number of halogens is 1. The molecule has 0 saturated heterocycles. The molecule has 0 spiro atoms. The Morgan fingerprint density at radius 1 is 1.03 bits per heavy atom. The molecule has 164 valence electrons. The summed E-state index contributed by atoms with van der Waals surface area (Å²) >= 11 is 7.51. The fraction of sp³-hybridized carbons (Fsp3) is 0.125. The molecule has 1 atom stereocenters. The van der Waals surface area contributed by atoms with Crippen molar-refractivity contribution in [1.82, 2.24) is 10.6 Å². The molecule has 6 nitrogen and oxygen atoms in total. The van der Waals surface area contributed by atoms with Crippen molar-refractivity contribution < 1.29 is 19.5 Å². The smallest absolute Gasteiger partial charge is 0.328 e. The van der Waals surface area contributed by atoms with Crippen LogP contribution < -0.4 is 10.6 Å². The molecule has 0 saturated carbocycles. The number of carbonyl (C=O) groups is 3. The fourth-order valence-corrected chi connectivity index (χ4v) is 3.80. The summed E-state index contributed by atoms with van der Waals surface area (Å²) in [5.41, 5.74) is 2.15. The van der Waals surface area contributed by atoms with Crippen LogP contribution in [-0.4, -0.2) is 35.5 Å². The third-order valence-corrected chi connectivity index (χ3v) is 5.74. The van der Waals surface area contributed by atoms with Gasteiger partial charge >= 0.3 is 5.97 Å². The number of benzene rings is 2. The van der Waals surface area contributed by atoms with Crippen molar-refractivity contribution in [1.29, 1.82) is 0 Å². The average molecular weight is 469 g/mol. The van der Waals surface area contributed by atoms with Gasteiger partial charge in [-0.1, -0.05) is 66.2 Å². The maximum atomic E-state index is 12.6. The lowest BCUT2D eigenvalue weighted by Crippen LogP contribution is -2.48.